The highest BCUT2D eigenvalue weighted by Gasteiger charge is 2.43. The number of H-pyrrole nitrogens is 1. The Morgan fingerprint density at radius 3 is 1.47 bits per heavy atom. The molecule has 11 heteroatoms. The molecule has 3 aromatic rings. The van der Waals surface area contributed by atoms with Crippen molar-refractivity contribution in [3.8, 4) is 22.4 Å². The minimum absolute atomic E-state index is 0.113. The van der Waals surface area contributed by atoms with Crippen LogP contribution in [0.1, 0.15) is 134 Å². The van der Waals surface area contributed by atoms with E-state index in [1.165, 1.54) is 0 Å². The standard InChI is InChI=1S/C47H67N7O4/c1-15-37(55)53-46(13,28(3)4)42(57)51-39(44(7,8)9)35-25-34(26-48-35)32-19-17-30(18-20-32)31-21-23-33(24-22-31)36-27-49-41(50-36)40(45(10,11)12)52-43(58)47(14,29(5)6)54-38(56)16-2/h17-24,26-29,39-40H,15-16,25H2,1-14H3,(H,49,50)(H,51,57)(H,52,58)(H,53,55)(H,54,56)/t39-,40-,46?,47?/m1/s1. The van der Waals surface area contributed by atoms with Crippen LogP contribution < -0.4 is 21.3 Å². The summed E-state index contributed by atoms with van der Waals surface area (Å²) in [6.07, 6.45) is 4.89. The van der Waals surface area contributed by atoms with Crippen molar-refractivity contribution in [3.63, 3.8) is 0 Å². The van der Waals surface area contributed by atoms with Crippen molar-refractivity contribution in [2.45, 2.75) is 139 Å². The van der Waals surface area contributed by atoms with Gasteiger partial charge in [-0.25, -0.2) is 4.98 Å². The van der Waals surface area contributed by atoms with Crippen molar-refractivity contribution in [1.82, 2.24) is 31.2 Å². The molecule has 2 aromatic carbocycles. The van der Waals surface area contributed by atoms with Crippen molar-refractivity contribution >= 4 is 34.9 Å². The molecule has 0 spiro atoms. The molecular weight excluding hydrogens is 727 g/mol. The number of nitrogens with one attached hydrogen (secondary N) is 5. The first-order chi connectivity index (χ1) is 26.9. The van der Waals surface area contributed by atoms with E-state index < -0.39 is 17.1 Å². The number of hydrogen-bond donors (Lipinski definition) is 5. The number of imidazole rings is 1. The van der Waals surface area contributed by atoms with Crippen LogP contribution in [0, 0.1) is 22.7 Å². The third-order valence-corrected chi connectivity index (χ3v) is 11.7. The van der Waals surface area contributed by atoms with E-state index in [9.17, 15) is 19.2 Å². The van der Waals surface area contributed by atoms with E-state index in [0.717, 1.165) is 39.2 Å². The number of amides is 4. The van der Waals surface area contributed by atoms with Gasteiger partial charge in [-0.15, -0.1) is 0 Å². The Morgan fingerprint density at radius 1 is 0.638 bits per heavy atom. The van der Waals surface area contributed by atoms with Crippen molar-refractivity contribution in [1.29, 1.82) is 0 Å². The molecule has 2 heterocycles. The Bertz CT molecular complexity index is 2010. The van der Waals surface area contributed by atoms with Crippen LogP contribution in [-0.4, -0.2) is 56.4 Å². The van der Waals surface area contributed by atoms with Crippen LogP contribution >= 0.6 is 0 Å². The number of carbonyl (C=O) groups excluding carboxylic acids is 4. The number of nitrogens with zero attached hydrogens (tertiary/aromatic N) is 2. The summed E-state index contributed by atoms with van der Waals surface area (Å²) in [5, 5.41) is 12.3. The lowest BCUT2D eigenvalue weighted by Gasteiger charge is -2.38. The van der Waals surface area contributed by atoms with E-state index >= 15 is 0 Å². The van der Waals surface area contributed by atoms with E-state index in [1.807, 2.05) is 33.9 Å². The molecule has 2 unspecified atom stereocenters. The third-order valence-electron chi connectivity index (χ3n) is 11.7. The summed E-state index contributed by atoms with van der Waals surface area (Å²) in [4.78, 5) is 65.2. The van der Waals surface area contributed by atoms with Crippen LogP contribution in [0.15, 0.2) is 65.9 Å². The Labute approximate surface area is 346 Å². The summed E-state index contributed by atoms with van der Waals surface area (Å²) < 4.78 is 0. The molecule has 0 radical (unpaired) electrons. The highest BCUT2D eigenvalue weighted by atomic mass is 16.2. The fraction of sp³-hybridized carbons (Fsp3) is 0.532. The van der Waals surface area contributed by atoms with Gasteiger partial charge in [0.25, 0.3) is 0 Å². The van der Waals surface area contributed by atoms with Gasteiger partial charge in [0.05, 0.1) is 24.0 Å². The number of carbonyl (C=O) groups is 4. The molecule has 11 nitrogen and oxygen atoms in total. The Morgan fingerprint density at radius 2 is 1.05 bits per heavy atom. The lowest BCUT2D eigenvalue weighted by molar-refractivity contribution is -0.135. The number of rotatable bonds is 15. The minimum Gasteiger partial charge on any atom is -0.345 e. The Balaban J connectivity index is 1.46. The quantitative estimate of drug-likeness (QED) is 0.104. The van der Waals surface area contributed by atoms with Crippen LogP contribution in [0.5, 0.6) is 0 Å². The molecule has 4 amide bonds. The van der Waals surface area contributed by atoms with Gasteiger partial charge in [0, 0.05) is 31.2 Å². The average molecular weight is 794 g/mol. The van der Waals surface area contributed by atoms with Gasteiger partial charge >= 0.3 is 0 Å². The molecule has 0 saturated heterocycles. The second-order valence-electron chi connectivity index (χ2n) is 18.9. The van der Waals surface area contributed by atoms with Crippen LogP contribution in [0.4, 0.5) is 0 Å². The molecule has 0 bridgehead atoms. The number of aliphatic imine (C=N–C) groups is 1. The fourth-order valence-electron chi connectivity index (χ4n) is 6.89. The maximum Gasteiger partial charge on any atom is 0.246 e. The van der Waals surface area contributed by atoms with E-state index in [1.54, 1.807) is 33.9 Å². The molecule has 5 N–H and O–H groups in total. The maximum absolute atomic E-state index is 13.8. The summed E-state index contributed by atoms with van der Waals surface area (Å²) in [6.45, 7) is 27.3. The van der Waals surface area contributed by atoms with Crippen molar-refractivity contribution in [2.75, 3.05) is 0 Å². The normalized spacial score (nSPS) is 16.4. The summed E-state index contributed by atoms with van der Waals surface area (Å²) >= 11 is 0. The first kappa shape index (κ1) is 45.6. The van der Waals surface area contributed by atoms with E-state index in [4.69, 9.17) is 9.98 Å². The van der Waals surface area contributed by atoms with Gasteiger partial charge in [0.1, 0.15) is 16.9 Å². The average Bonchev–Trinajstić information content (AvgIpc) is 3.85. The molecule has 58 heavy (non-hydrogen) atoms. The van der Waals surface area contributed by atoms with E-state index in [0.29, 0.717) is 25.1 Å². The molecular formula is C47H67N7O4. The first-order valence-corrected chi connectivity index (χ1v) is 20.7. The molecule has 0 aliphatic carbocycles. The molecule has 4 rings (SSSR count). The van der Waals surface area contributed by atoms with Crippen molar-refractivity contribution in [2.24, 2.45) is 27.7 Å². The summed E-state index contributed by atoms with van der Waals surface area (Å²) in [7, 11) is 0. The van der Waals surface area contributed by atoms with Crippen LogP contribution in [-0.2, 0) is 19.2 Å². The van der Waals surface area contributed by atoms with E-state index in [-0.39, 0.29) is 52.3 Å². The monoisotopic (exact) mass is 794 g/mol. The highest BCUT2D eigenvalue weighted by molar-refractivity contribution is 6.04. The van der Waals surface area contributed by atoms with Gasteiger partial charge in [-0.1, -0.05) is 132 Å². The van der Waals surface area contributed by atoms with Gasteiger partial charge in [-0.2, -0.15) is 0 Å². The first-order valence-electron chi connectivity index (χ1n) is 20.7. The molecule has 1 aliphatic heterocycles. The summed E-state index contributed by atoms with van der Waals surface area (Å²) in [5.41, 5.74) is 4.13. The zero-order valence-corrected chi connectivity index (χ0v) is 37.2. The van der Waals surface area contributed by atoms with Crippen LogP contribution in [0.25, 0.3) is 28.0 Å². The maximum atomic E-state index is 13.8. The number of allylic oxidation sites excluding steroid dienone is 1. The smallest absolute Gasteiger partial charge is 0.246 e. The Hall–Kier alpha value is -5.06. The molecule has 1 aromatic heterocycles. The number of benzene rings is 2. The number of aromatic amines is 1. The SMILES string of the molecule is CCC(=O)NC(C)(C(=O)N[C@H](C1=NC=C(c2ccc(-c3ccc(-c4cnc([C@@H](NC(=O)C(C)(NC(=O)CC)C(C)C)C(C)(C)C)[nH]4)cc3)cc2)C1)C(C)(C)C)C(C)C. The fourth-order valence-corrected chi connectivity index (χ4v) is 6.89. The number of hydrogen-bond acceptors (Lipinski definition) is 6. The molecule has 314 valence electrons. The predicted octanol–water partition coefficient (Wildman–Crippen LogP) is 8.55. The van der Waals surface area contributed by atoms with Gasteiger partial charge in [0.15, 0.2) is 0 Å². The number of aromatic nitrogens is 2. The lowest BCUT2D eigenvalue weighted by atomic mass is 9.80. The van der Waals surface area contributed by atoms with Gasteiger partial charge < -0.3 is 26.3 Å². The lowest BCUT2D eigenvalue weighted by Crippen LogP contribution is -2.63. The highest BCUT2D eigenvalue weighted by Crippen LogP contribution is 2.35. The van der Waals surface area contributed by atoms with Gasteiger partial charge in [-0.05, 0) is 64.3 Å². The zero-order valence-electron chi connectivity index (χ0n) is 37.2. The predicted molar refractivity (Wildman–Crippen MR) is 235 cm³/mol. The Kier molecular flexibility index (Phi) is 14.0. The van der Waals surface area contributed by atoms with Crippen LogP contribution in [0.2, 0.25) is 0 Å². The molecule has 0 saturated carbocycles. The summed E-state index contributed by atoms with van der Waals surface area (Å²) in [5.74, 6) is -0.404. The molecule has 4 atom stereocenters. The third kappa shape index (κ3) is 10.3. The summed E-state index contributed by atoms with van der Waals surface area (Å²) in [6, 6.07) is 15.9. The van der Waals surface area contributed by atoms with Crippen molar-refractivity contribution in [3.05, 3.63) is 72.3 Å². The molecule has 0 fully saturated rings. The van der Waals surface area contributed by atoms with Gasteiger partial charge in [-0.3, -0.25) is 24.2 Å². The molecule has 1 aliphatic rings. The minimum atomic E-state index is -1.08. The zero-order chi connectivity index (χ0) is 43.4. The van der Waals surface area contributed by atoms with Gasteiger partial charge in [0.2, 0.25) is 23.6 Å². The van der Waals surface area contributed by atoms with Crippen molar-refractivity contribution < 1.29 is 19.2 Å². The van der Waals surface area contributed by atoms with E-state index in [2.05, 4.69) is 116 Å². The second kappa shape index (κ2) is 17.8. The topological polar surface area (TPSA) is 157 Å². The largest absolute Gasteiger partial charge is 0.345 e. The second-order valence-corrected chi connectivity index (χ2v) is 18.9. The van der Waals surface area contributed by atoms with Crippen LogP contribution in [0.3, 0.4) is 0 Å².